The molecule has 0 aromatic carbocycles. The number of anilines is 1. The highest BCUT2D eigenvalue weighted by Gasteiger charge is 2.10. The van der Waals surface area contributed by atoms with Crippen molar-refractivity contribution in [3.63, 3.8) is 0 Å². The number of hydrogen-bond donors (Lipinski definition) is 2. The minimum atomic E-state index is -0.213. The summed E-state index contributed by atoms with van der Waals surface area (Å²) in [5, 5.41) is 16.6. The number of nitrogens with one attached hydrogen (secondary N) is 2. The minimum Gasteiger partial charge on any atom is -0.360 e. The SMILES string of the molecule is CCNC(=O)c1ccc(NC(C)c2nccs2)nn1. The summed E-state index contributed by atoms with van der Waals surface area (Å²) < 4.78 is 0. The number of carbonyl (C=O) groups excluding carboxylic acids is 1. The normalized spacial score (nSPS) is 11.9. The van der Waals surface area contributed by atoms with Gasteiger partial charge in [0.05, 0.1) is 6.04 Å². The molecular formula is C12H15N5OS. The van der Waals surface area contributed by atoms with E-state index in [9.17, 15) is 4.79 Å². The first-order chi connectivity index (χ1) is 9.20. The van der Waals surface area contributed by atoms with Crippen LogP contribution in [0.25, 0.3) is 0 Å². The first kappa shape index (κ1) is 13.4. The predicted octanol–water partition coefficient (Wildman–Crippen LogP) is 1.86. The van der Waals surface area contributed by atoms with Crippen LogP contribution in [0, 0.1) is 0 Å². The number of amides is 1. The Kier molecular flexibility index (Phi) is 4.40. The zero-order valence-corrected chi connectivity index (χ0v) is 11.6. The molecule has 1 atom stereocenters. The van der Waals surface area contributed by atoms with Gasteiger partial charge in [0, 0.05) is 18.1 Å². The quantitative estimate of drug-likeness (QED) is 0.872. The molecule has 2 heterocycles. The molecule has 0 aliphatic heterocycles. The average molecular weight is 277 g/mol. The second-order valence-corrected chi connectivity index (χ2v) is 4.83. The summed E-state index contributed by atoms with van der Waals surface area (Å²) in [7, 11) is 0. The molecule has 0 radical (unpaired) electrons. The Hall–Kier alpha value is -2.02. The summed E-state index contributed by atoms with van der Waals surface area (Å²) in [5.41, 5.74) is 0.314. The molecule has 0 fully saturated rings. The van der Waals surface area contributed by atoms with E-state index in [0.29, 0.717) is 18.1 Å². The van der Waals surface area contributed by atoms with Gasteiger partial charge in [0.25, 0.3) is 5.91 Å². The molecule has 1 unspecified atom stereocenters. The average Bonchev–Trinajstić information content (AvgIpc) is 2.94. The van der Waals surface area contributed by atoms with Crippen LogP contribution in [0.2, 0.25) is 0 Å². The zero-order valence-electron chi connectivity index (χ0n) is 10.8. The van der Waals surface area contributed by atoms with E-state index in [1.165, 1.54) is 0 Å². The molecule has 19 heavy (non-hydrogen) atoms. The number of thiazole rings is 1. The van der Waals surface area contributed by atoms with Gasteiger partial charge in [0.2, 0.25) is 0 Å². The molecule has 0 spiro atoms. The lowest BCUT2D eigenvalue weighted by atomic mass is 10.3. The third-order valence-corrected chi connectivity index (χ3v) is 3.38. The van der Waals surface area contributed by atoms with Crippen molar-refractivity contribution in [2.45, 2.75) is 19.9 Å². The third-order valence-electron chi connectivity index (χ3n) is 2.42. The highest BCUT2D eigenvalue weighted by atomic mass is 32.1. The topological polar surface area (TPSA) is 79.8 Å². The lowest BCUT2D eigenvalue weighted by molar-refractivity contribution is 0.0950. The fraction of sp³-hybridized carbons (Fsp3) is 0.333. The van der Waals surface area contributed by atoms with E-state index in [0.717, 1.165) is 5.01 Å². The molecule has 0 aliphatic rings. The maximum absolute atomic E-state index is 11.5. The molecule has 2 N–H and O–H groups in total. The first-order valence-corrected chi connectivity index (χ1v) is 6.86. The van der Waals surface area contributed by atoms with Gasteiger partial charge in [-0.1, -0.05) is 0 Å². The molecule has 0 aliphatic carbocycles. The largest absolute Gasteiger partial charge is 0.360 e. The van der Waals surface area contributed by atoms with E-state index in [1.54, 1.807) is 29.7 Å². The Morgan fingerprint density at radius 2 is 2.26 bits per heavy atom. The molecule has 0 bridgehead atoms. The Balaban J connectivity index is 2.01. The van der Waals surface area contributed by atoms with Crippen LogP contribution < -0.4 is 10.6 Å². The van der Waals surface area contributed by atoms with Crippen molar-refractivity contribution in [1.29, 1.82) is 0 Å². The van der Waals surface area contributed by atoms with Crippen molar-refractivity contribution in [3.8, 4) is 0 Å². The molecule has 1 amide bonds. The van der Waals surface area contributed by atoms with Crippen LogP contribution in [-0.4, -0.2) is 27.6 Å². The van der Waals surface area contributed by atoms with E-state index in [2.05, 4.69) is 25.8 Å². The van der Waals surface area contributed by atoms with Crippen molar-refractivity contribution in [3.05, 3.63) is 34.4 Å². The Labute approximate surface area is 115 Å². The Morgan fingerprint density at radius 1 is 1.42 bits per heavy atom. The highest BCUT2D eigenvalue weighted by molar-refractivity contribution is 7.09. The fourth-order valence-corrected chi connectivity index (χ4v) is 2.16. The molecule has 0 saturated heterocycles. The van der Waals surface area contributed by atoms with Crippen LogP contribution in [-0.2, 0) is 0 Å². The molecule has 2 rings (SSSR count). The monoisotopic (exact) mass is 277 g/mol. The van der Waals surface area contributed by atoms with Gasteiger partial charge in [0.1, 0.15) is 10.8 Å². The number of aromatic nitrogens is 3. The van der Waals surface area contributed by atoms with Crippen molar-refractivity contribution >= 4 is 23.1 Å². The van der Waals surface area contributed by atoms with Gasteiger partial charge in [-0.2, -0.15) is 0 Å². The number of nitrogens with zero attached hydrogens (tertiary/aromatic N) is 3. The van der Waals surface area contributed by atoms with E-state index >= 15 is 0 Å². The highest BCUT2D eigenvalue weighted by Crippen LogP contribution is 2.19. The Bertz CT molecular complexity index is 526. The van der Waals surface area contributed by atoms with Gasteiger partial charge in [0.15, 0.2) is 5.69 Å². The maximum Gasteiger partial charge on any atom is 0.271 e. The second-order valence-electron chi connectivity index (χ2n) is 3.90. The van der Waals surface area contributed by atoms with E-state index < -0.39 is 0 Å². The number of rotatable bonds is 5. The molecule has 0 saturated carbocycles. The van der Waals surface area contributed by atoms with Crippen LogP contribution in [0.4, 0.5) is 5.82 Å². The first-order valence-electron chi connectivity index (χ1n) is 5.98. The summed E-state index contributed by atoms with van der Waals surface area (Å²) in [6, 6.07) is 3.45. The lowest BCUT2D eigenvalue weighted by Gasteiger charge is -2.11. The molecule has 2 aromatic rings. The van der Waals surface area contributed by atoms with Gasteiger partial charge in [-0.05, 0) is 26.0 Å². The smallest absolute Gasteiger partial charge is 0.271 e. The predicted molar refractivity (Wildman–Crippen MR) is 74.2 cm³/mol. The van der Waals surface area contributed by atoms with Crippen LogP contribution in [0.15, 0.2) is 23.7 Å². The van der Waals surface area contributed by atoms with E-state index in [1.807, 2.05) is 19.2 Å². The zero-order chi connectivity index (χ0) is 13.7. The summed E-state index contributed by atoms with van der Waals surface area (Å²) in [4.78, 5) is 15.7. The second kappa shape index (κ2) is 6.24. The standard InChI is InChI=1S/C12H15N5OS/c1-3-13-11(18)9-4-5-10(17-16-9)15-8(2)12-14-6-7-19-12/h4-8H,3H2,1-2H3,(H,13,18)(H,15,17). The van der Waals surface area contributed by atoms with Crippen LogP contribution in [0.1, 0.15) is 35.4 Å². The van der Waals surface area contributed by atoms with Gasteiger partial charge in [-0.3, -0.25) is 4.79 Å². The van der Waals surface area contributed by atoms with Crippen LogP contribution >= 0.6 is 11.3 Å². The summed E-state index contributed by atoms with van der Waals surface area (Å²) in [6.45, 7) is 4.43. The van der Waals surface area contributed by atoms with Crippen molar-refractivity contribution < 1.29 is 4.79 Å². The number of carbonyl (C=O) groups is 1. The maximum atomic E-state index is 11.5. The minimum absolute atomic E-state index is 0.0598. The van der Waals surface area contributed by atoms with Crippen LogP contribution in [0.3, 0.4) is 0 Å². The fourth-order valence-electron chi connectivity index (χ4n) is 1.51. The number of hydrogen-bond acceptors (Lipinski definition) is 6. The van der Waals surface area contributed by atoms with Crippen molar-refractivity contribution in [2.75, 3.05) is 11.9 Å². The van der Waals surface area contributed by atoms with Gasteiger partial charge < -0.3 is 10.6 Å². The molecular weight excluding hydrogens is 262 g/mol. The van der Waals surface area contributed by atoms with Crippen molar-refractivity contribution in [2.24, 2.45) is 0 Å². The Morgan fingerprint density at radius 3 is 2.84 bits per heavy atom. The van der Waals surface area contributed by atoms with E-state index in [4.69, 9.17) is 0 Å². The molecule has 6 nitrogen and oxygen atoms in total. The van der Waals surface area contributed by atoms with Crippen molar-refractivity contribution in [1.82, 2.24) is 20.5 Å². The van der Waals surface area contributed by atoms with Gasteiger partial charge in [-0.15, -0.1) is 21.5 Å². The summed E-state index contributed by atoms with van der Waals surface area (Å²) >= 11 is 1.58. The van der Waals surface area contributed by atoms with Crippen LogP contribution in [0.5, 0.6) is 0 Å². The molecule has 7 heteroatoms. The van der Waals surface area contributed by atoms with E-state index in [-0.39, 0.29) is 11.9 Å². The summed E-state index contributed by atoms with van der Waals surface area (Å²) in [5.74, 6) is 0.408. The third kappa shape index (κ3) is 3.47. The molecule has 2 aromatic heterocycles. The summed E-state index contributed by atoms with van der Waals surface area (Å²) in [6.07, 6.45) is 1.77. The van der Waals surface area contributed by atoms with Gasteiger partial charge >= 0.3 is 0 Å². The lowest BCUT2D eigenvalue weighted by Crippen LogP contribution is -2.24. The van der Waals surface area contributed by atoms with Gasteiger partial charge in [-0.25, -0.2) is 4.98 Å². The molecule has 100 valence electrons.